The summed E-state index contributed by atoms with van der Waals surface area (Å²) < 4.78 is 8.08. The van der Waals surface area contributed by atoms with Crippen LogP contribution in [0.2, 0.25) is 0 Å². The fourth-order valence-electron chi connectivity index (χ4n) is 2.59. The first-order valence-electron chi connectivity index (χ1n) is 7.33. The maximum absolute atomic E-state index is 12.8. The predicted molar refractivity (Wildman–Crippen MR) is 95.0 cm³/mol. The molecular weight excluding hydrogens is 374 g/mol. The molecule has 7 heteroatoms. The smallest absolute Gasteiger partial charge is 0.278 e. The number of hydrogen-bond donors (Lipinski definition) is 1. The van der Waals surface area contributed by atoms with Crippen LogP contribution in [0.3, 0.4) is 0 Å². The van der Waals surface area contributed by atoms with Crippen LogP contribution in [0.5, 0.6) is 5.75 Å². The molecule has 0 aliphatic carbocycles. The standard InChI is InChI=1S/C17H16BrN3O3/c1-10(22)20-13-6-11(18)9-21(16(13)23)14-7-17(2,3)24-15-4-5-19-8-12(14)15/h4-9H,1-3H3,(H,20,22). The summed E-state index contributed by atoms with van der Waals surface area (Å²) in [5, 5.41) is 2.56. The lowest BCUT2D eigenvalue weighted by molar-refractivity contribution is -0.114. The Morgan fingerprint density at radius 3 is 2.88 bits per heavy atom. The second-order valence-electron chi connectivity index (χ2n) is 6.04. The van der Waals surface area contributed by atoms with Gasteiger partial charge in [0.15, 0.2) is 0 Å². The third-order valence-electron chi connectivity index (χ3n) is 3.47. The maximum atomic E-state index is 12.8. The first-order valence-corrected chi connectivity index (χ1v) is 8.12. The van der Waals surface area contributed by atoms with E-state index in [1.54, 1.807) is 30.7 Å². The van der Waals surface area contributed by atoms with Crippen molar-refractivity contribution >= 4 is 33.2 Å². The van der Waals surface area contributed by atoms with Crippen LogP contribution in [0.25, 0.3) is 5.70 Å². The van der Waals surface area contributed by atoms with E-state index in [4.69, 9.17) is 4.74 Å². The fraction of sp³-hybridized carbons (Fsp3) is 0.235. The second kappa shape index (κ2) is 5.90. The topological polar surface area (TPSA) is 73.2 Å². The number of aromatic nitrogens is 2. The van der Waals surface area contributed by atoms with Crippen molar-refractivity contribution in [2.75, 3.05) is 5.32 Å². The van der Waals surface area contributed by atoms with Crippen LogP contribution in [0.4, 0.5) is 5.69 Å². The van der Waals surface area contributed by atoms with Gasteiger partial charge in [-0.3, -0.25) is 19.1 Å². The normalized spacial score (nSPS) is 15.1. The molecule has 24 heavy (non-hydrogen) atoms. The number of ether oxygens (including phenoxy) is 1. The molecule has 1 N–H and O–H groups in total. The highest BCUT2D eigenvalue weighted by molar-refractivity contribution is 9.10. The van der Waals surface area contributed by atoms with Gasteiger partial charge in [0, 0.05) is 30.0 Å². The number of anilines is 1. The number of hydrogen-bond acceptors (Lipinski definition) is 4. The Morgan fingerprint density at radius 2 is 2.17 bits per heavy atom. The molecule has 0 aromatic carbocycles. The molecule has 2 aromatic rings. The van der Waals surface area contributed by atoms with E-state index in [0.29, 0.717) is 21.5 Å². The molecule has 0 atom stereocenters. The quantitative estimate of drug-likeness (QED) is 0.856. The van der Waals surface area contributed by atoms with Crippen molar-refractivity contribution in [2.45, 2.75) is 26.4 Å². The number of carbonyl (C=O) groups excluding carboxylic acids is 1. The average Bonchev–Trinajstić information content (AvgIpc) is 2.48. The van der Waals surface area contributed by atoms with Gasteiger partial charge in [0.05, 0.1) is 11.3 Å². The van der Waals surface area contributed by atoms with Crippen molar-refractivity contribution in [3.8, 4) is 5.75 Å². The number of halogens is 1. The van der Waals surface area contributed by atoms with E-state index in [-0.39, 0.29) is 17.2 Å². The fourth-order valence-corrected chi connectivity index (χ4v) is 3.02. The zero-order chi connectivity index (χ0) is 17.5. The lowest BCUT2D eigenvalue weighted by Gasteiger charge is -2.31. The molecule has 6 nitrogen and oxygen atoms in total. The summed E-state index contributed by atoms with van der Waals surface area (Å²) in [5.74, 6) is 0.348. The molecule has 3 rings (SSSR count). The highest BCUT2D eigenvalue weighted by Gasteiger charge is 2.28. The monoisotopic (exact) mass is 389 g/mol. The third kappa shape index (κ3) is 3.12. The highest BCUT2D eigenvalue weighted by Crippen LogP contribution is 2.35. The van der Waals surface area contributed by atoms with Gasteiger partial charge in [0.25, 0.3) is 5.56 Å². The number of amides is 1. The minimum atomic E-state index is -0.584. The summed E-state index contributed by atoms with van der Waals surface area (Å²) in [4.78, 5) is 28.3. The van der Waals surface area contributed by atoms with Crippen LogP contribution < -0.4 is 15.6 Å². The molecule has 1 aliphatic rings. The van der Waals surface area contributed by atoms with Crippen molar-refractivity contribution in [3.05, 3.63) is 57.2 Å². The number of nitrogens with one attached hydrogen (secondary N) is 1. The van der Waals surface area contributed by atoms with Gasteiger partial charge in [-0.05, 0) is 48.0 Å². The predicted octanol–water partition coefficient (Wildman–Crippen LogP) is 3.02. The van der Waals surface area contributed by atoms with Crippen molar-refractivity contribution < 1.29 is 9.53 Å². The summed E-state index contributed by atoms with van der Waals surface area (Å²) in [5.41, 5.74) is 0.664. The first kappa shape index (κ1) is 16.4. The van der Waals surface area contributed by atoms with Gasteiger partial charge >= 0.3 is 0 Å². The molecule has 0 saturated heterocycles. The molecular formula is C17H16BrN3O3. The first-order chi connectivity index (χ1) is 11.3. The molecule has 1 aliphatic heterocycles. The van der Waals surface area contributed by atoms with Crippen LogP contribution in [0, 0.1) is 0 Å². The minimum Gasteiger partial charge on any atom is -0.483 e. The van der Waals surface area contributed by atoms with Gasteiger partial charge in [-0.15, -0.1) is 0 Å². The van der Waals surface area contributed by atoms with Gasteiger partial charge in [-0.2, -0.15) is 0 Å². The molecule has 0 spiro atoms. The summed E-state index contributed by atoms with van der Waals surface area (Å²) >= 11 is 3.39. The lowest BCUT2D eigenvalue weighted by Crippen LogP contribution is -2.33. The lowest BCUT2D eigenvalue weighted by atomic mass is 10.0. The Bertz CT molecular complexity index is 916. The van der Waals surface area contributed by atoms with Crippen molar-refractivity contribution in [1.29, 1.82) is 0 Å². The molecule has 3 heterocycles. The van der Waals surface area contributed by atoms with Gasteiger partial charge in [0.2, 0.25) is 5.91 Å². The summed E-state index contributed by atoms with van der Waals surface area (Å²) in [6, 6.07) is 3.34. The molecule has 0 saturated carbocycles. The largest absolute Gasteiger partial charge is 0.483 e. The SMILES string of the molecule is CC(=O)Nc1cc(Br)cn(C2=CC(C)(C)Oc3ccncc32)c1=O. The van der Waals surface area contributed by atoms with Gasteiger partial charge in [-0.25, -0.2) is 0 Å². The Balaban J connectivity index is 2.24. The van der Waals surface area contributed by atoms with E-state index in [2.05, 4.69) is 26.2 Å². The zero-order valence-electron chi connectivity index (χ0n) is 13.5. The molecule has 1 amide bonds. The Kier molecular flexibility index (Phi) is 4.04. The van der Waals surface area contributed by atoms with Gasteiger partial charge < -0.3 is 10.1 Å². The van der Waals surface area contributed by atoms with Crippen LogP contribution in [0.1, 0.15) is 26.3 Å². The molecule has 0 radical (unpaired) electrons. The van der Waals surface area contributed by atoms with E-state index in [1.807, 2.05) is 19.9 Å². The number of pyridine rings is 2. The highest BCUT2D eigenvalue weighted by atomic mass is 79.9. The number of fused-ring (bicyclic) bond motifs is 1. The molecule has 0 bridgehead atoms. The van der Waals surface area contributed by atoms with E-state index >= 15 is 0 Å². The molecule has 0 fully saturated rings. The van der Waals surface area contributed by atoms with Crippen LogP contribution in [0.15, 0.2) is 46.1 Å². The van der Waals surface area contributed by atoms with E-state index in [1.165, 1.54) is 11.5 Å². The van der Waals surface area contributed by atoms with Crippen molar-refractivity contribution in [1.82, 2.24) is 9.55 Å². The molecule has 124 valence electrons. The van der Waals surface area contributed by atoms with E-state index < -0.39 is 5.60 Å². The van der Waals surface area contributed by atoms with E-state index in [9.17, 15) is 9.59 Å². The van der Waals surface area contributed by atoms with Crippen LogP contribution in [-0.2, 0) is 4.79 Å². The summed E-state index contributed by atoms with van der Waals surface area (Å²) in [7, 11) is 0. The van der Waals surface area contributed by atoms with Crippen LogP contribution >= 0.6 is 15.9 Å². The third-order valence-corrected chi connectivity index (χ3v) is 3.90. The number of rotatable bonds is 2. The molecule has 0 unspecified atom stereocenters. The van der Waals surface area contributed by atoms with Gasteiger partial charge in [-0.1, -0.05) is 0 Å². The van der Waals surface area contributed by atoms with Gasteiger partial charge in [0.1, 0.15) is 17.0 Å². The van der Waals surface area contributed by atoms with E-state index in [0.717, 1.165) is 0 Å². The van der Waals surface area contributed by atoms with Crippen molar-refractivity contribution in [2.24, 2.45) is 0 Å². The number of carbonyl (C=O) groups is 1. The summed E-state index contributed by atoms with van der Waals surface area (Å²) in [6.45, 7) is 5.18. The Labute approximate surface area is 147 Å². The number of nitrogens with zero attached hydrogens (tertiary/aromatic N) is 2. The Morgan fingerprint density at radius 1 is 1.42 bits per heavy atom. The summed E-state index contributed by atoms with van der Waals surface area (Å²) in [6.07, 6.45) is 6.83. The van der Waals surface area contributed by atoms with Crippen LogP contribution in [-0.4, -0.2) is 21.1 Å². The zero-order valence-corrected chi connectivity index (χ0v) is 15.0. The van der Waals surface area contributed by atoms with Crippen molar-refractivity contribution in [3.63, 3.8) is 0 Å². The molecule has 2 aromatic heterocycles. The average molecular weight is 390 g/mol. The maximum Gasteiger partial charge on any atom is 0.278 e. The minimum absolute atomic E-state index is 0.201. The second-order valence-corrected chi connectivity index (χ2v) is 6.95. The Hall–Kier alpha value is -2.41.